The molecule has 7 rings (SSSR count). The fraction of sp³-hybridized carbons (Fsp3) is 0.281. The topological polar surface area (TPSA) is 115 Å². The van der Waals surface area contributed by atoms with Gasteiger partial charge in [-0.3, -0.25) is 34.2 Å². The number of piperazine rings is 1. The Morgan fingerprint density at radius 1 is 1.00 bits per heavy atom. The third-order valence-corrected chi connectivity index (χ3v) is 8.55. The van der Waals surface area contributed by atoms with Crippen LogP contribution >= 0.6 is 0 Å². The zero-order chi connectivity index (χ0) is 29.7. The van der Waals surface area contributed by atoms with Gasteiger partial charge in [-0.25, -0.2) is 4.39 Å². The number of carbonyl (C=O) groups excluding carboxylic acids is 3. The van der Waals surface area contributed by atoms with Crippen LogP contribution in [-0.4, -0.2) is 64.6 Å². The van der Waals surface area contributed by atoms with E-state index in [4.69, 9.17) is 5.26 Å². The van der Waals surface area contributed by atoms with Crippen molar-refractivity contribution in [3.8, 4) is 6.07 Å². The summed E-state index contributed by atoms with van der Waals surface area (Å²) < 4.78 is 16.4. The summed E-state index contributed by atoms with van der Waals surface area (Å²) in [7, 11) is 0. The van der Waals surface area contributed by atoms with Crippen molar-refractivity contribution in [1.82, 2.24) is 20.0 Å². The first-order valence-electron chi connectivity index (χ1n) is 14.3. The van der Waals surface area contributed by atoms with Gasteiger partial charge < -0.3 is 4.90 Å². The van der Waals surface area contributed by atoms with Crippen molar-refractivity contribution in [3.05, 3.63) is 89.0 Å². The fourth-order valence-electron chi connectivity index (χ4n) is 6.43. The SMILES string of the molecule is N#Cc1ccc(N2CCN(Cc3cnn(Cc4ccc5c6c(cccc46)C(=O)N5C4CCC(=O)NC4=O)c3)CC2)c(F)c1. The van der Waals surface area contributed by atoms with Crippen molar-refractivity contribution < 1.29 is 18.8 Å². The summed E-state index contributed by atoms with van der Waals surface area (Å²) in [6, 6.07) is 15.3. The number of nitrogens with one attached hydrogen (secondary N) is 1. The number of rotatable bonds is 6. The molecule has 43 heavy (non-hydrogen) atoms. The minimum atomic E-state index is -0.717. The molecule has 3 amide bonds. The Morgan fingerprint density at radius 3 is 2.58 bits per heavy atom. The molecule has 1 N–H and O–H groups in total. The highest BCUT2D eigenvalue weighted by molar-refractivity contribution is 6.27. The molecule has 0 bridgehead atoms. The van der Waals surface area contributed by atoms with Crippen LogP contribution in [0.15, 0.2) is 60.9 Å². The zero-order valence-electron chi connectivity index (χ0n) is 23.3. The van der Waals surface area contributed by atoms with Crippen molar-refractivity contribution in [3.63, 3.8) is 0 Å². The first kappa shape index (κ1) is 26.8. The Bertz CT molecular complexity index is 1840. The number of hydrogen-bond donors (Lipinski definition) is 1. The molecule has 1 aromatic heterocycles. The maximum Gasteiger partial charge on any atom is 0.259 e. The second-order valence-corrected chi connectivity index (χ2v) is 11.2. The van der Waals surface area contributed by atoms with E-state index in [0.717, 1.165) is 41.5 Å². The van der Waals surface area contributed by atoms with E-state index < -0.39 is 11.9 Å². The van der Waals surface area contributed by atoms with Crippen LogP contribution in [0.3, 0.4) is 0 Å². The van der Waals surface area contributed by atoms with E-state index in [1.165, 1.54) is 11.0 Å². The summed E-state index contributed by atoms with van der Waals surface area (Å²) in [5.74, 6) is -1.35. The molecule has 0 saturated carbocycles. The van der Waals surface area contributed by atoms with Crippen LogP contribution in [-0.2, 0) is 22.7 Å². The number of hydrogen-bond acceptors (Lipinski definition) is 7. The number of amides is 3. The predicted molar refractivity (Wildman–Crippen MR) is 157 cm³/mol. The first-order valence-corrected chi connectivity index (χ1v) is 14.3. The molecule has 1 atom stereocenters. The largest absolute Gasteiger partial charge is 0.367 e. The Hall–Kier alpha value is -5.08. The summed E-state index contributed by atoms with van der Waals surface area (Å²) in [4.78, 5) is 43.6. The quantitative estimate of drug-likeness (QED) is 0.350. The highest BCUT2D eigenvalue weighted by Gasteiger charge is 2.40. The molecule has 0 radical (unpaired) electrons. The van der Waals surface area contributed by atoms with E-state index in [1.807, 2.05) is 52.3 Å². The van der Waals surface area contributed by atoms with Crippen LogP contribution in [0.5, 0.6) is 0 Å². The summed E-state index contributed by atoms with van der Waals surface area (Å²) in [5, 5.41) is 17.7. The average Bonchev–Trinajstić information content (AvgIpc) is 3.57. The van der Waals surface area contributed by atoms with Gasteiger partial charge in [0.1, 0.15) is 11.9 Å². The minimum Gasteiger partial charge on any atom is -0.367 e. The number of carbonyl (C=O) groups is 3. The number of aromatic nitrogens is 2. The number of halogens is 1. The monoisotopic (exact) mass is 577 g/mol. The molecule has 3 aromatic carbocycles. The molecule has 10 nitrogen and oxygen atoms in total. The lowest BCUT2D eigenvalue weighted by Crippen LogP contribution is -2.53. The van der Waals surface area contributed by atoms with E-state index in [-0.39, 0.29) is 24.1 Å². The fourth-order valence-corrected chi connectivity index (χ4v) is 6.43. The van der Waals surface area contributed by atoms with Gasteiger partial charge in [0.05, 0.1) is 35.7 Å². The van der Waals surface area contributed by atoms with E-state index in [0.29, 0.717) is 48.6 Å². The van der Waals surface area contributed by atoms with Gasteiger partial charge in [0.25, 0.3) is 5.91 Å². The summed E-state index contributed by atoms with van der Waals surface area (Å²) in [5.41, 5.74) is 4.17. The van der Waals surface area contributed by atoms with Crippen LogP contribution in [0.4, 0.5) is 15.8 Å². The van der Waals surface area contributed by atoms with Crippen LogP contribution in [0.2, 0.25) is 0 Å². The van der Waals surface area contributed by atoms with Crippen molar-refractivity contribution in [2.24, 2.45) is 0 Å². The molecule has 0 aliphatic carbocycles. The third-order valence-electron chi connectivity index (χ3n) is 8.55. The lowest BCUT2D eigenvalue weighted by Gasteiger charge is -2.36. The van der Waals surface area contributed by atoms with Crippen molar-refractivity contribution in [2.75, 3.05) is 36.0 Å². The molecule has 0 spiro atoms. The van der Waals surface area contributed by atoms with Gasteiger partial charge >= 0.3 is 0 Å². The summed E-state index contributed by atoms with van der Waals surface area (Å²) >= 11 is 0. The van der Waals surface area contributed by atoms with Crippen LogP contribution < -0.4 is 15.1 Å². The van der Waals surface area contributed by atoms with Gasteiger partial charge in [0, 0.05) is 61.9 Å². The molecule has 3 aliphatic heterocycles. The number of imide groups is 1. The maximum atomic E-state index is 14.5. The van der Waals surface area contributed by atoms with Gasteiger partial charge in [-0.15, -0.1) is 0 Å². The van der Waals surface area contributed by atoms with E-state index >= 15 is 0 Å². The van der Waals surface area contributed by atoms with Gasteiger partial charge in [-0.05, 0) is 47.7 Å². The second kappa shape index (κ2) is 10.6. The molecule has 216 valence electrons. The first-order chi connectivity index (χ1) is 20.9. The molecule has 4 aromatic rings. The summed E-state index contributed by atoms with van der Waals surface area (Å²) in [6.07, 6.45) is 4.38. The van der Waals surface area contributed by atoms with Crippen LogP contribution in [0, 0.1) is 17.1 Å². The van der Waals surface area contributed by atoms with Gasteiger partial charge in [0.2, 0.25) is 11.8 Å². The van der Waals surface area contributed by atoms with E-state index in [2.05, 4.69) is 15.3 Å². The average molecular weight is 578 g/mol. The third kappa shape index (κ3) is 4.79. The van der Waals surface area contributed by atoms with Crippen molar-refractivity contribution >= 4 is 39.9 Å². The van der Waals surface area contributed by atoms with Gasteiger partial charge in [0.15, 0.2) is 0 Å². The molecule has 1 unspecified atom stereocenters. The van der Waals surface area contributed by atoms with E-state index in [1.54, 1.807) is 18.2 Å². The number of anilines is 2. The second-order valence-electron chi connectivity index (χ2n) is 11.2. The maximum absolute atomic E-state index is 14.5. The number of nitriles is 1. The number of nitrogens with zero attached hydrogens (tertiary/aromatic N) is 6. The van der Waals surface area contributed by atoms with Gasteiger partial charge in [-0.1, -0.05) is 18.2 Å². The van der Waals surface area contributed by atoms with Crippen LogP contribution in [0.25, 0.3) is 10.8 Å². The molecular formula is C32H28FN7O3. The Labute approximate surface area is 246 Å². The number of benzene rings is 3. The molecule has 3 aliphatic rings. The smallest absolute Gasteiger partial charge is 0.259 e. The molecule has 11 heteroatoms. The Balaban J connectivity index is 1.04. The molecule has 2 saturated heterocycles. The lowest BCUT2D eigenvalue weighted by molar-refractivity contribution is -0.134. The van der Waals surface area contributed by atoms with Crippen molar-refractivity contribution in [2.45, 2.75) is 32.0 Å². The van der Waals surface area contributed by atoms with Crippen molar-refractivity contribution in [1.29, 1.82) is 5.26 Å². The molecular weight excluding hydrogens is 549 g/mol. The van der Waals surface area contributed by atoms with Crippen LogP contribution in [0.1, 0.15) is 39.9 Å². The molecule has 2 fully saturated rings. The highest BCUT2D eigenvalue weighted by Crippen LogP contribution is 2.41. The highest BCUT2D eigenvalue weighted by atomic mass is 19.1. The minimum absolute atomic E-state index is 0.199. The lowest BCUT2D eigenvalue weighted by atomic mass is 10.00. The van der Waals surface area contributed by atoms with Gasteiger partial charge in [-0.2, -0.15) is 10.4 Å². The molecule has 4 heterocycles. The number of piperidine rings is 1. The predicted octanol–water partition coefficient (Wildman–Crippen LogP) is 3.18. The Kier molecular flexibility index (Phi) is 6.63. The summed E-state index contributed by atoms with van der Waals surface area (Å²) in [6.45, 7) is 4.16. The van der Waals surface area contributed by atoms with E-state index in [9.17, 15) is 18.8 Å². The normalized spacial score (nSPS) is 18.8. The standard InChI is InChI=1S/C32H28FN7O3/c33-25-14-20(15-34)4-6-26(25)38-12-10-37(11-13-38)17-21-16-35-39(18-21)19-22-5-7-27-30-23(22)2-1-3-24(30)32(43)40(27)28-8-9-29(41)36-31(28)42/h1-7,14,16,18,28H,8-13,17,19H2,(H,36,41,42). The zero-order valence-corrected chi connectivity index (χ0v) is 23.3. The Morgan fingerprint density at radius 2 is 1.81 bits per heavy atom.